The van der Waals surface area contributed by atoms with Crippen molar-refractivity contribution in [2.75, 3.05) is 31.3 Å². The Morgan fingerprint density at radius 1 is 1.22 bits per heavy atom. The van der Waals surface area contributed by atoms with E-state index < -0.39 is 16.4 Å². The van der Waals surface area contributed by atoms with E-state index in [-0.39, 0.29) is 17.8 Å². The molecule has 0 bridgehead atoms. The van der Waals surface area contributed by atoms with Crippen LogP contribution in [0.1, 0.15) is 19.8 Å². The van der Waals surface area contributed by atoms with Gasteiger partial charge in [-0.15, -0.1) is 13.2 Å². The molecule has 154 valence electrons. The van der Waals surface area contributed by atoms with Crippen molar-refractivity contribution in [3.63, 3.8) is 0 Å². The lowest BCUT2D eigenvalue weighted by atomic mass is 10.1. The van der Waals surface area contributed by atoms with Crippen LogP contribution in [0, 0.1) is 0 Å². The normalized spacial score (nSPS) is 16.2. The van der Waals surface area contributed by atoms with Gasteiger partial charge in [0.25, 0.3) is 0 Å². The van der Waals surface area contributed by atoms with Crippen molar-refractivity contribution in [3.8, 4) is 0 Å². The molecule has 1 aliphatic heterocycles. The van der Waals surface area contributed by atoms with Crippen molar-refractivity contribution < 1.29 is 31.1 Å². The molecule has 2 amide bonds. The Hall–Kier alpha value is -1.85. The van der Waals surface area contributed by atoms with Gasteiger partial charge in [0, 0.05) is 31.9 Å². The molecule has 0 aliphatic carbocycles. The van der Waals surface area contributed by atoms with Gasteiger partial charge in [-0.2, -0.15) is 0 Å². The van der Waals surface area contributed by atoms with Crippen molar-refractivity contribution in [1.29, 1.82) is 0 Å². The number of carbonyl (C=O) groups excluding carboxylic acids is 1. The number of amides is 2. The number of anilines is 1. The molecular weight excluding hydrogens is 387 g/mol. The summed E-state index contributed by atoms with van der Waals surface area (Å²) >= 11 is 0. The second-order valence-corrected chi connectivity index (χ2v) is 7.95. The summed E-state index contributed by atoms with van der Waals surface area (Å²) < 4.78 is 59.6. The molecule has 0 atom stereocenters. The highest BCUT2D eigenvalue weighted by Gasteiger charge is 2.27. The lowest BCUT2D eigenvalue weighted by molar-refractivity contribution is -0.311. The lowest BCUT2D eigenvalue weighted by Crippen LogP contribution is -2.47. The maximum atomic E-state index is 11.9. The molecule has 2 rings (SSSR count). The third-order valence-corrected chi connectivity index (χ3v) is 5.69. The number of hydrogen-bond donors (Lipinski definition) is 2. The van der Waals surface area contributed by atoms with Crippen LogP contribution in [0.5, 0.6) is 0 Å². The minimum Gasteiger partial charge on any atom is -0.335 e. The molecule has 1 aliphatic rings. The van der Waals surface area contributed by atoms with Gasteiger partial charge in [0.1, 0.15) is 0 Å². The van der Waals surface area contributed by atoms with Gasteiger partial charge < -0.3 is 10.6 Å². The summed E-state index contributed by atoms with van der Waals surface area (Å²) in [7, 11) is -2.53. The third-order valence-electron chi connectivity index (χ3n) is 3.81. The molecule has 0 spiro atoms. The topological polar surface area (TPSA) is 87.7 Å². The predicted molar refractivity (Wildman–Crippen MR) is 95.7 cm³/mol. The molecule has 7 nitrogen and oxygen atoms in total. The SMILES string of the molecule is CCS(=O)(=O)N1CCC(NC(=O)Nc2ccccc2)CC1.COC(F)(F)F. The van der Waals surface area contributed by atoms with Gasteiger partial charge in [-0.1, -0.05) is 18.2 Å². The number of carbonyl (C=O) groups is 1. The van der Waals surface area contributed by atoms with Gasteiger partial charge in [0.05, 0.1) is 5.75 Å². The smallest absolute Gasteiger partial charge is 0.335 e. The summed E-state index contributed by atoms with van der Waals surface area (Å²) in [5.41, 5.74) is 0.737. The highest BCUT2D eigenvalue weighted by Crippen LogP contribution is 2.15. The number of urea groups is 1. The number of nitrogens with one attached hydrogen (secondary N) is 2. The minimum atomic E-state index is -4.46. The van der Waals surface area contributed by atoms with Crippen molar-refractivity contribution in [2.24, 2.45) is 0 Å². The van der Waals surface area contributed by atoms with Crippen molar-refractivity contribution in [2.45, 2.75) is 32.2 Å². The van der Waals surface area contributed by atoms with E-state index in [9.17, 15) is 26.4 Å². The highest BCUT2D eigenvalue weighted by molar-refractivity contribution is 7.89. The number of nitrogens with zero attached hydrogens (tertiary/aromatic N) is 1. The van der Waals surface area contributed by atoms with Gasteiger partial charge in [-0.25, -0.2) is 17.5 Å². The maximum absolute atomic E-state index is 11.9. The Morgan fingerprint density at radius 3 is 2.19 bits per heavy atom. The molecule has 2 N–H and O–H groups in total. The number of para-hydroxylation sites is 1. The fourth-order valence-corrected chi connectivity index (χ4v) is 3.47. The monoisotopic (exact) mass is 411 g/mol. The zero-order chi connectivity index (χ0) is 20.5. The quantitative estimate of drug-likeness (QED) is 0.798. The standard InChI is InChI=1S/C14H21N3O3S.C2H3F3O/c1-2-21(19,20)17-10-8-13(9-11-17)16-14(18)15-12-6-4-3-5-7-12;1-6-2(3,4)5/h3-7,13H,2,8-11H2,1H3,(H2,15,16,18);1H3. The van der Waals surface area contributed by atoms with E-state index in [0.29, 0.717) is 33.0 Å². The number of halogens is 3. The Morgan fingerprint density at radius 2 is 1.74 bits per heavy atom. The summed E-state index contributed by atoms with van der Waals surface area (Å²) in [5.74, 6) is 0.125. The summed E-state index contributed by atoms with van der Waals surface area (Å²) in [6, 6.07) is 8.97. The summed E-state index contributed by atoms with van der Waals surface area (Å²) in [6.07, 6.45) is -3.18. The lowest BCUT2D eigenvalue weighted by Gasteiger charge is -2.31. The van der Waals surface area contributed by atoms with E-state index in [1.807, 2.05) is 30.3 Å². The van der Waals surface area contributed by atoms with E-state index in [0.717, 1.165) is 5.69 Å². The van der Waals surface area contributed by atoms with Crippen LogP contribution in [0.25, 0.3) is 0 Å². The fourth-order valence-electron chi connectivity index (χ4n) is 2.33. The Balaban J connectivity index is 0.000000527. The van der Waals surface area contributed by atoms with Gasteiger partial charge in [0.15, 0.2) is 0 Å². The van der Waals surface area contributed by atoms with Crippen molar-refractivity contribution in [3.05, 3.63) is 30.3 Å². The van der Waals surface area contributed by atoms with Crippen LogP contribution >= 0.6 is 0 Å². The molecule has 1 fully saturated rings. The number of alkyl halides is 3. The van der Waals surface area contributed by atoms with Gasteiger partial charge >= 0.3 is 12.4 Å². The van der Waals surface area contributed by atoms with Gasteiger partial charge in [0.2, 0.25) is 10.0 Å². The van der Waals surface area contributed by atoms with Crippen LogP contribution in [-0.4, -0.2) is 57.1 Å². The summed E-state index contributed by atoms with van der Waals surface area (Å²) in [4.78, 5) is 11.9. The van der Waals surface area contributed by atoms with Crippen molar-refractivity contribution in [1.82, 2.24) is 9.62 Å². The van der Waals surface area contributed by atoms with Crippen LogP contribution < -0.4 is 10.6 Å². The number of piperidine rings is 1. The first-order chi connectivity index (χ1) is 12.6. The van der Waals surface area contributed by atoms with Crippen LogP contribution in [0.2, 0.25) is 0 Å². The Kier molecular flexibility index (Phi) is 9.00. The summed E-state index contributed by atoms with van der Waals surface area (Å²) in [6.45, 7) is 2.58. The van der Waals surface area contributed by atoms with Gasteiger partial charge in [-0.3, -0.25) is 4.74 Å². The van der Waals surface area contributed by atoms with Gasteiger partial charge in [-0.05, 0) is 31.9 Å². The van der Waals surface area contributed by atoms with Crippen LogP contribution in [-0.2, 0) is 14.8 Å². The average molecular weight is 411 g/mol. The van der Waals surface area contributed by atoms with E-state index in [1.54, 1.807) is 6.92 Å². The number of sulfonamides is 1. The second-order valence-electron chi connectivity index (χ2n) is 5.69. The first kappa shape index (κ1) is 23.2. The maximum Gasteiger partial charge on any atom is 0.522 e. The molecule has 1 heterocycles. The van der Waals surface area contributed by atoms with Crippen molar-refractivity contribution >= 4 is 21.7 Å². The molecule has 11 heteroatoms. The highest BCUT2D eigenvalue weighted by atomic mass is 32.2. The molecule has 1 aromatic carbocycles. The zero-order valence-corrected chi connectivity index (χ0v) is 15.9. The number of methoxy groups -OCH3 is 1. The molecule has 0 radical (unpaired) electrons. The van der Waals surface area contributed by atoms with E-state index in [4.69, 9.17) is 0 Å². The molecule has 0 saturated carbocycles. The molecule has 0 aromatic heterocycles. The van der Waals surface area contributed by atoms with Crippen LogP contribution in [0.15, 0.2) is 30.3 Å². The molecule has 27 heavy (non-hydrogen) atoms. The molecule has 0 unspecified atom stereocenters. The number of rotatable bonds is 4. The second kappa shape index (κ2) is 10.5. The number of benzene rings is 1. The predicted octanol–water partition coefficient (Wildman–Crippen LogP) is 2.77. The Bertz CT molecular complexity index is 676. The molecule has 1 aromatic rings. The largest absolute Gasteiger partial charge is 0.522 e. The number of hydrogen-bond acceptors (Lipinski definition) is 4. The minimum absolute atomic E-state index is 0.0111. The molecular formula is C16H24F3N3O4S. The van der Waals surface area contributed by atoms with Crippen LogP contribution in [0.4, 0.5) is 23.7 Å². The molecule has 1 saturated heterocycles. The van der Waals surface area contributed by atoms with E-state index in [2.05, 4.69) is 15.4 Å². The Labute approximate surface area is 156 Å². The number of ether oxygens (including phenoxy) is 1. The third kappa shape index (κ3) is 9.07. The zero-order valence-electron chi connectivity index (χ0n) is 15.1. The first-order valence-corrected chi connectivity index (χ1v) is 9.90. The first-order valence-electron chi connectivity index (χ1n) is 8.29. The fraction of sp³-hybridized carbons (Fsp3) is 0.562. The van der Waals surface area contributed by atoms with Crippen LogP contribution in [0.3, 0.4) is 0 Å². The van der Waals surface area contributed by atoms with E-state index in [1.165, 1.54) is 4.31 Å². The average Bonchev–Trinajstić information content (AvgIpc) is 2.63. The van der Waals surface area contributed by atoms with E-state index >= 15 is 0 Å². The summed E-state index contributed by atoms with van der Waals surface area (Å²) in [5, 5.41) is 5.65.